The molecule has 1 aliphatic rings. The molecule has 3 amide bonds. The number of rotatable bonds is 6. The van der Waals surface area contributed by atoms with Gasteiger partial charge in [-0.2, -0.15) is 0 Å². The van der Waals surface area contributed by atoms with Crippen molar-refractivity contribution in [2.45, 2.75) is 32.4 Å². The average Bonchev–Trinajstić information content (AvgIpc) is 2.92. The van der Waals surface area contributed by atoms with Gasteiger partial charge < -0.3 is 20.0 Å². The van der Waals surface area contributed by atoms with Gasteiger partial charge in [0.05, 0.1) is 6.54 Å². The number of likely N-dealkylation sites (N-methyl/N-ethyl adjacent to an activating group) is 2. The third kappa shape index (κ3) is 5.21. The van der Waals surface area contributed by atoms with Crippen molar-refractivity contribution >= 4 is 23.3 Å². The number of nitrogens with one attached hydrogen (secondary N) is 1. The van der Waals surface area contributed by atoms with Crippen LogP contribution in [0.3, 0.4) is 0 Å². The molecule has 1 atom stereocenters. The van der Waals surface area contributed by atoms with Crippen molar-refractivity contribution in [1.29, 1.82) is 0 Å². The van der Waals surface area contributed by atoms with E-state index in [0.29, 0.717) is 32.5 Å². The maximum absolute atomic E-state index is 12.7. The van der Waals surface area contributed by atoms with Gasteiger partial charge in [0, 0.05) is 44.0 Å². The number of aryl methyl sites for hydroxylation is 1. The second-order valence-electron chi connectivity index (χ2n) is 6.71. The number of hydrogen-bond acceptors (Lipinski definition) is 4. The molecule has 0 bridgehead atoms. The van der Waals surface area contributed by atoms with Crippen LogP contribution in [0.2, 0.25) is 0 Å². The zero-order chi connectivity index (χ0) is 17.7. The molecule has 0 spiro atoms. The molecule has 1 N–H and O–H groups in total. The highest BCUT2D eigenvalue weighted by atomic mass is 32.1. The van der Waals surface area contributed by atoms with Gasteiger partial charge in [0.2, 0.25) is 5.91 Å². The van der Waals surface area contributed by atoms with E-state index >= 15 is 0 Å². The van der Waals surface area contributed by atoms with E-state index in [9.17, 15) is 9.59 Å². The summed E-state index contributed by atoms with van der Waals surface area (Å²) in [4.78, 5) is 31.2. The lowest BCUT2D eigenvalue weighted by atomic mass is 10.1. The van der Waals surface area contributed by atoms with E-state index in [0.717, 1.165) is 6.54 Å². The standard InChI is InChI=1S/C17H28N4O2S/c1-13-7-10-24-15(13)12-21(9-8-19(2)3)17(23)18-14-5-6-16(22)20(4)11-14/h7,10,14H,5-6,8-9,11-12H2,1-4H3,(H,18,23)/t14-/m0/s1. The maximum atomic E-state index is 12.7. The number of likely N-dealkylation sites (tertiary alicyclic amines) is 1. The lowest BCUT2D eigenvalue weighted by Crippen LogP contribution is -2.52. The van der Waals surface area contributed by atoms with Gasteiger partial charge in [-0.15, -0.1) is 11.3 Å². The first-order valence-corrected chi connectivity index (χ1v) is 9.22. The summed E-state index contributed by atoms with van der Waals surface area (Å²) in [6.07, 6.45) is 1.22. The molecule has 0 saturated carbocycles. The largest absolute Gasteiger partial charge is 0.344 e. The summed E-state index contributed by atoms with van der Waals surface area (Å²) in [7, 11) is 5.81. The molecular formula is C17H28N4O2S. The molecule has 0 aliphatic carbocycles. The van der Waals surface area contributed by atoms with Crippen LogP contribution in [0.15, 0.2) is 11.4 Å². The van der Waals surface area contributed by atoms with Crippen molar-refractivity contribution in [2.24, 2.45) is 0 Å². The van der Waals surface area contributed by atoms with E-state index in [1.54, 1.807) is 23.3 Å². The Hall–Kier alpha value is -1.60. The van der Waals surface area contributed by atoms with Crippen LogP contribution in [0, 0.1) is 6.92 Å². The first-order valence-electron chi connectivity index (χ1n) is 8.34. The number of piperidine rings is 1. The predicted octanol–water partition coefficient (Wildman–Crippen LogP) is 1.75. The van der Waals surface area contributed by atoms with E-state index in [4.69, 9.17) is 0 Å². The molecule has 2 heterocycles. The Balaban J connectivity index is 1.98. The molecule has 0 aromatic carbocycles. The van der Waals surface area contributed by atoms with Crippen LogP contribution in [0.1, 0.15) is 23.3 Å². The minimum atomic E-state index is -0.0441. The fraction of sp³-hybridized carbons (Fsp3) is 0.647. The van der Waals surface area contributed by atoms with E-state index in [1.165, 1.54) is 10.4 Å². The van der Waals surface area contributed by atoms with Crippen molar-refractivity contribution in [3.63, 3.8) is 0 Å². The van der Waals surface area contributed by atoms with E-state index in [-0.39, 0.29) is 18.0 Å². The summed E-state index contributed by atoms with van der Waals surface area (Å²) in [5.74, 6) is 0.152. The molecule has 1 fully saturated rings. The third-order valence-corrected chi connectivity index (χ3v) is 5.37. The molecule has 134 valence electrons. The quantitative estimate of drug-likeness (QED) is 0.849. The molecule has 6 nitrogen and oxygen atoms in total. The first kappa shape index (κ1) is 18.7. The Morgan fingerprint density at radius 2 is 2.17 bits per heavy atom. The Labute approximate surface area is 148 Å². The van der Waals surface area contributed by atoms with Gasteiger partial charge in [-0.3, -0.25) is 4.79 Å². The molecule has 24 heavy (non-hydrogen) atoms. The number of thiophene rings is 1. The zero-order valence-electron chi connectivity index (χ0n) is 15.0. The van der Waals surface area contributed by atoms with Gasteiger partial charge in [-0.25, -0.2) is 4.79 Å². The Kier molecular flexibility index (Phi) is 6.62. The third-order valence-electron chi connectivity index (χ3n) is 4.36. The fourth-order valence-corrected chi connectivity index (χ4v) is 3.63. The summed E-state index contributed by atoms with van der Waals surface area (Å²) < 4.78 is 0. The highest BCUT2D eigenvalue weighted by Crippen LogP contribution is 2.18. The highest BCUT2D eigenvalue weighted by Gasteiger charge is 2.26. The van der Waals surface area contributed by atoms with Gasteiger partial charge in [-0.05, 0) is 44.4 Å². The number of nitrogens with zero attached hydrogens (tertiary/aromatic N) is 3. The minimum Gasteiger partial charge on any atom is -0.344 e. The Morgan fingerprint density at radius 1 is 1.42 bits per heavy atom. The van der Waals surface area contributed by atoms with E-state index < -0.39 is 0 Å². The molecule has 1 aromatic heterocycles. The summed E-state index contributed by atoms with van der Waals surface area (Å²) in [5.41, 5.74) is 1.23. The second-order valence-corrected chi connectivity index (χ2v) is 7.71. The lowest BCUT2D eigenvalue weighted by Gasteiger charge is -2.32. The SMILES string of the molecule is Cc1ccsc1CN(CCN(C)C)C(=O)N[C@H]1CCC(=O)N(C)C1. The van der Waals surface area contributed by atoms with Gasteiger partial charge in [-0.1, -0.05) is 0 Å². The van der Waals surface area contributed by atoms with Crippen molar-refractivity contribution in [3.05, 3.63) is 21.9 Å². The number of carbonyl (C=O) groups excluding carboxylic acids is 2. The first-order chi connectivity index (χ1) is 11.4. The predicted molar refractivity (Wildman–Crippen MR) is 97.2 cm³/mol. The van der Waals surface area contributed by atoms with E-state index in [1.807, 2.05) is 19.0 Å². The highest BCUT2D eigenvalue weighted by molar-refractivity contribution is 7.10. The Morgan fingerprint density at radius 3 is 2.75 bits per heavy atom. The topological polar surface area (TPSA) is 55.9 Å². The van der Waals surface area contributed by atoms with E-state index in [2.05, 4.69) is 28.6 Å². The van der Waals surface area contributed by atoms with Crippen LogP contribution in [0.4, 0.5) is 4.79 Å². The molecule has 1 aliphatic heterocycles. The van der Waals surface area contributed by atoms with Crippen molar-refractivity contribution in [1.82, 2.24) is 20.0 Å². The monoisotopic (exact) mass is 352 g/mol. The smallest absolute Gasteiger partial charge is 0.318 e. The lowest BCUT2D eigenvalue weighted by molar-refractivity contribution is -0.132. The van der Waals surface area contributed by atoms with Gasteiger partial charge in [0.15, 0.2) is 0 Å². The van der Waals surface area contributed by atoms with Crippen molar-refractivity contribution in [3.8, 4) is 0 Å². The van der Waals surface area contributed by atoms with Crippen molar-refractivity contribution < 1.29 is 9.59 Å². The molecule has 2 rings (SSSR count). The van der Waals surface area contributed by atoms with Crippen LogP contribution in [-0.2, 0) is 11.3 Å². The molecule has 1 aromatic rings. The molecule has 0 unspecified atom stereocenters. The minimum absolute atomic E-state index is 0.0338. The van der Waals surface area contributed by atoms with Crippen LogP contribution in [0.5, 0.6) is 0 Å². The van der Waals surface area contributed by atoms with Crippen molar-refractivity contribution in [2.75, 3.05) is 40.8 Å². The number of urea groups is 1. The number of amides is 3. The van der Waals surface area contributed by atoms with Crippen LogP contribution < -0.4 is 5.32 Å². The molecule has 0 radical (unpaired) electrons. The normalized spacial score (nSPS) is 18.1. The summed E-state index contributed by atoms with van der Waals surface area (Å²) >= 11 is 1.69. The zero-order valence-corrected chi connectivity index (χ0v) is 15.9. The summed E-state index contributed by atoms with van der Waals surface area (Å²) in [6.45, 7) is 4.79. The van der Waals surface area contributed by atoms with Gasteiger partial charge in [0.25, 0.3) is 0 Å². The van der Waals surface area contributed by atoms with Crippen LogP contribution in [0.25, 0.3) is 0 Å². The molecule has 1 saturated heterocycles. The molecular weight excluding hydrogens is 324 g/mol. The van der Waals surface area contributed by atoms with Gasteiger partial charge in [0.1, 0.15) is 0 Å². The van der Waals surface area contributed by atoms with Crippen LogP contribution in [-0.4, -0.2) is 73.5 Å². The van der Waals surface area contributed by atoms with Gasteiger partial charge >= 0.3 is 6.03 Å². The maximum Gasteiger partial charge on any atom is 0.318 e. The number of carbonyl (C=O) groups is 2. The fourth-order valence-electron chi connectivity index (χ4n) is 2.71. The average molecular weight is 353 g/mol. The molecule has 7 heteroatoms. The summed E-state index contributed by atoms with van der Waals surface area (Å²) in [5, 5.41) is 5.17. The Bertz CT molecular complexity index is 573. The summed E-state index contributed by atoms with van der Waals surface area (Å²) in [6, 6.07) is 2.08. The number of hydrogen-bond donors (Lipinski definition) is 1. The van der Waals surface area contributed by atoms with Crippen LogP contribution >= 0.6 is 11.3 Å². The second kappa shape index (κ2) is 8.48.